The van der Waals surface area contributed by atoms with Crippen molar-refractivity contribution in [2.24, 2.45) is 0 Å². The Kier molecular flexibility index (Phi) is 13.8. The van der Waals surface area contributed by atoms with E-state index < -0.39 is 20.0 Å². The molecule has 2 aromatic heterocycles. The van der Waals surface area contributed by atoms with E-state index in [0.29, 0.717) is 48.7 Å². The van der Waals surface area contributed by atoms with Crippen LogP contribution in [0.1, 0.15) is 97.7 Å². The van der Waals surface area contributed by atoms with Gasteiger partial charge in [-0.25, -0.2) is 14.6 Å². The summed E-state index contributed by atoms with van der Waals surface area (Å²) < 4.78 is 25.7. The van der Waals surface area contributed by atoms with Crippen LogP contribution in [0.3, 0.4) is 0 Å². The Labute approximate surface area is 355 Å². The summed E-state index contributed by atoms with van der Waals surface area (Å²) in [5.41, 5.74) is 2.51. The van der Waals surface area contributed by atoms with E-state index in [1.807, 2.05) is 48.6 Å². The Balaban J connectivity index is 1.30. The van der Waals surface area contributed by atoms with E-state index in [-0.39, 0.29) is 29.2 Å². The molecule has 2 N–H and O–H groups in total. The van der Waals surface area contributed by atoms with Crippen molar-refractivity contribution in [2.45, 2.75) is 110 Å². The molecule has 0 aliphatic carbocycles. The second kappa shape index (κ2) is 18.8. The van der Waals surface area contributed by atoms with Crippen LogP contribution in [0, 0.1) is 0 Å². The van der Waals surface area contributed by atoms with Crippen LogP contribution < -0.4 is 25.7 Å². The van der Waals surface area contributed by atoms with E-state index in [1.54, 1.807) is 13.3 Å². The van der Waals surface area contributed by atoms with Gasteiger partial charge in [-0.3, -0.25) is 10.00 Å². The highest BCUT2D eigenvalue weighted by Gasteiger charge is 2.50. The van der Waals surface area contributed by atoms with Gasteiger partial charge in [0.25, 0.3) is 8.32 Å². The maximum Gasteiger partial charge on any atom is 0.413 e. The number of amides is 2. The predicted molar refractivity (Wildman–Crippen MR) is 239 cm³/mol. The zero-order valence-electron chi connectivity index (χ0n) is 36.6. The van der Waals surface area contributed by atoms with Crippen LogP contribution >= 0.6 is 0 Å². The zero-order valence-corrected chi connectivity index (χ0v) is 37.6. The fourth-order valence-corrected chi connectivity index (χ4v) is 12.9. The summed E-state index contributed by atoms with van der Waals surface area (Å²) in [5, 5.41) is 13.4. The highest BCUT2D eigenvalue weighted by Crippen LogP contribution is 2.38. The summed E-state index contributed by atoms with van der Waals surface area (Å²) >= 11 is 0. The lowest BCUT2D eigenvalue weighted by atomic mass is 10.0. The number of ether oxygens (including phenoxy) is 3. The second-order valence-corrected chi connectivity index (χ2v) is 21.7. The molecule has 1 fully saturated rings. The summed E-state index contributed by atoms with van der Waals surface area (Å²) in [6.45, 7) is 16.2. The molecule has 3 heterocycles. The number of nitrogens with one attached hydrogen (secondary N) is 2. The lowest BCUT2D eigenvalue weighted by molar-refractivity contribution is 0.0224. The van der Waals surface area contributed by atoms with Gasteiger partial charge in [0.2, 0.25) is 5.95 Å². The van der Waals surface area contributed by atoms with Gasteiger partial charge in [0, 0.05) is 24.8 Å². The molecule has 6 rings (SSSR count). The summed E-state index contributed by atoms with van der Waals surface area (Å²) in [5.74, 6) is 1.31. The summed E-state index contributed by atoms with van der Waals surface area (Å²) in [4.78, 5) is 36.7. The molecule has 0 radical (unpaired) electrons. The Morgan fingerprint density at radius 3 is 2.20 bits per heavy atom. The number of anilines is 2. The van der Waals surface area contributed by atoms with E-state index >= 15 is 0 Å². The summed E-state index contributed by atoms with van der Waals surface area (Å²) in [7, 11) is 0.193. The number of aromatic nitrogens is 4. The minimum absolute atomic E-state index is 0.0335. The van der Waals surface area contributed by atoms with E-state index in [1.165, 1.54) is 17.5 Å². The Hall–Kier alpha value is -5.47. The number of likely N-dealkylation sites (tertiary alicyclic amines) is 1. The van der Waals surface area contributed by atoms with Crippen molar-refractivity contribution in [2.75, 3.05) is 38.0 Å². The molecule has 13 nitrogen and oxygen atoms in total. The van der Waals surface area contributed by atoms with Gasteiger partial charge in [-0.1, -0.05) is 107 Å². The first kappa shape index (κ1) is 44.1. The minimum atomic E-state index is -2.76. The highest BCUT2D eigenvalue weighted by molar-refractivity contribution is 6.99. The molecule has 1 saturated heterocycles. The first-order valence-corrected chi connectivity index (χ1v) is 22.8. The van der Waals surface area contributed by atoms with E-state index in [0.717, 1.165) is 36.8 Å². The molecule has 320 valence electrons. The average Bonchev–Trinajstić information content (AvgIpc) is 3.87. The molecule has 2 unspecified atom stereocenters. The first-order chi connectivity index (χ1) is 28.7. The number of hydrogen-bond acceptors (Lipinski definition) is 10. The van der Waals surface area contributed by atoms with Crippen LogP contribution in [-0.2, 0) is 20.4 Å². The van der Waals surface area contributed by atoms with Crippen molar-refractivity contribution < 1.29 is 28.2 Å². The van der Waals surface area contributed by atoms with Crippen LogP contribution in [-0.4, -0.2) is 84.2 Å². The highest BCUT2D eigenvalue weighted by atomic mass is 28.4. The molecule has 2 amide bonds. The standard InChI is InChI=1S/C46H61N7O6Si/c1-10-18-34(26-28-58-60(46(5,6)7,35-19-13-11-14-20-35)36-21-15-12-16-22-36)48-41-40-37(49-42(50-41)51-43(54)57-9)30-47-53(40)31-33-25-24-32(29-39(33)56-8)38-23-17-27-52(38)44(55)59-45(2,3)4/h11-16,19-22,24-25,29-30,34,38H,10,17-18,23,26-28,31H2,1-9H3,(H2,48,49,50,51,54). The summed E-state index contributed by atoms with van der Waals surface area (Å²) in [6, 6.07) is 27.2. The van der Waals surface area contributed by atoms with Crippen molar-refractivity contribution in [1.29, 1.82) is 0 Å². The first-order valence-electron chi connectivity index (χ1n) is 20.9. The topological polar surface area (TPSA) is 142 Å². The van der Waals surface area contributed by atoms with Gasteiger partial charge < -0.3 is 28.9 Å². The SMILES string of the molecule is CCCC(CCO[Si](c1ccccc1)(c1ccccc1)C(C)(C)C)Nc1nc(NC(=O)OC)nc2cnn(Cc3ccc(C4CCCN4C(=O)OC(C)(C)C)cc3OC)c12. The molecule has 5 aromatic rings. The quantitative estimate of drug-likeness (QED) is 0.0985. The molecule has 0 bridgehead atoms. The Bertz CT molecular complexity index is 2180. The van der Waals surface area contributed by atoms with Crippen molar-refractivity contribution in [3.05, 3.63) is 96.2 Å². The molecule has 2 atom stereocenters. The molecule has 3 aromatic carbocycles. The van der Waals surface area contributed by atoms with Gasteiger partial charge in [0.15, 0.2) is 5.82 Å². The summed E-state index contributed by atoms with van der Waals surface area (Å²) in [6.07, 6.45) is 4.88. The van der Waals surface area contributed by atoms with Gasteiger partial charge in [0.05, 0.1) is 33.0 Å². The number of methoxy groups -OCH3 is 2. The number of carbonyl (C=O) groups excluding carboxylic acids is 2. The predicted octanol–water partition coefficient (Wildman–Crippen LogP) is 8.68. The number of hydrogen-bond donors (Lipinski definition) is 2. The monoisotopic (exact) mass is 835 g/mol. The van der Waals surface area contributed by atoms with Crippen molar-refractivity contribution in [3.8, 4) is 5.75 Å². The minimum Gasteiger partial charge on any atom is -0.496 e. The molecular formula is C46H61N7O6Si. The Morgan fingerprint density at radius 1 is 0.917 bits per heavy atom. The molecule has 0 spiro atoms. The van der Waals surface area contributed by atoms with Gasteiger partial charge in [-0.15, -0.1) is 0 Å². The molecule has 14 heteroatoms. The normalized spacial score (nSPS) is 15.2. The molecule has 0 saturated carbocycles. The van der Waals surface area contributed by atoms with Gasteiger partial charge in [0.1, 0.15) is 22.4 Å². The van der Waals surface area contributed by atoms with E-state index in [4.69, 9.17) is 28.7 Å². The van der Waals surface area contributed by atoms with E-state index in [9.17, 15) is 9.59 Å². The number of benzene rings is 3. The van der Waals surface area contributed by atoms with Crippen LogP contribution in [0.15, 0.2) is 85.1 Å². The zero-order chi connectivity index (χ0) is 43.1. The van der Waals surface area contributed by atoms with E-state index in [2.05, 4.69) is 104 Å². The van der Waals surface area contributed by atoms with Crippen LogP contribution in [0.5, 0.6) is 5.75 Å². The smallest absolute Gasteiger partial charge is 0.413 e. The fraction of sp³-hybridized carbons (Fsp3) is 0.457. The van der Waals surface area contributed by atoms with Crippen molar-refractivity contribution >= 4 is 53.7 Å². The van der Waals surface area contributed by atoms with Crippen molar-refractivity contribution in [3.63, 3.8) is 0 Å². The lowest BCUT2D eigenvalue weighted by Crippen LogP contribution is -2.66. The third kappa shape index (κ3) is 9.93. The maximum atomic E-state index is 13.1. The molecule has 1 aliphatic heterocycles. The van der Waals surface area contributed by atoms with Crippen LogP contribution in [0.25, 0.3) is 11.0 Å². The van der Waals surface area contributed by atoms with Gasteiger partial charge in [-0.05, 0) is 73.5 Å². The van der Waals surface area contributed by atoms with Crippen LogP contribution in [0.4, 0.5) is 21.4 Å². The number of fused-ring (bicyclic) bond motifs is 1. The molecular weight excluding hydrogens is 775 g/mol. The lowest BCUT2D eigenvalue weighted by Gasteiger charge is -2.43. The second-order valence-electron chi connectivity index (χ2n) is 17.4. The van der Waals surface area contributed by atoms with Crippen molar-refractivity contribution in [1.82, 2.24) is 24.6 Å². The average molecular weight is 836 g/mol. The maximum absolute atomic E-state index is 13.1. The third-order valence-electron chi connectivity index (χ3n) is 11.0. The molecule has 1 aliphatic rings. The number of nitrogens with zero attached hydrogens (tertiary/aromatic N) is 5. The van der Waals surface area contributed by atoms with Crippen LogP contribution in [0.2, 0.25) is 5.04 Å². The Morgan fingerprint density at radius 2 is 1.60 bits per heavy atom. The number of carbonyl (C=O) groups is 2. The van der Waals surface area contributed by atoms with Gasteiger partial charge >= 0.3 is 12.2 Å². The molecule has 60 heavy (non-hydrogen) atoms. The largest absolute Gasteiger partial charge is 0.496 e. The fourth-order valence-electron chi connectivity index (χ4n) is 8.28. The van der Waals surface area contributed by atoms with Gasteiger partial charge in [-0.2, -0.15) is 10.1 Å². The third-order valence-corrected chi connectivity index (χ3v) is 16.0. The number of rotatable bonds is 15.